The number of carbonyl (C=O) groups is 2. The van der Waals surface area contributed by atoms with Crippen molar-refractivity contribution in [3.05, 3.63) is 0 Å². The predicted octanol–water partition coefficient (Wildman–Crippen LogP) is -1.88. The smallest absolute Gasteiger partial charge is 0.306 e. The number of esters is 2. The Kier molecular flexibility index (Phi) is 9.64. The molecule has 6 N–H and O–H groups in total. The fourth-order valence-corrected chi connectivity index (χ4v) is 0.994. The Hall–Kier alpha value is -1.14. The van der Waals surface area contributed by atoms with Gasteiger partial charge in [-0.3, -0.25) is 9.59 Å². The highest BCUT2D eigenvalue weighted by atomic mass is 16.6. The van der Waals surface area contributed by atoms with E-state index in [1.54, 1.807) is 0 Å². The number of hydrogen-bond acceptors (Lipinski definition) is 4. The highest BCUT2D eigenvalue weighted by Crippen LogP contribution is 1.93. The Morgan fingerprint density at radius 3 is 1.50 bits per heavy atom. The first kappa shape index (κ1) is 14.9. The van der Waals surface area contributed by atoms with Crippen LogP contribution in [0.15, 0.2) is 0 Å². The average molecular weight is 234 g/mol. The van der Waals surface area contributed by atoms with Crippen LogP contribution in [0.4, 0.5) is 0 Å². The van der Waals surface area contributed by atoms with E-state index >= 15 is 0 Å². The molecule has 0 bridgehead atoms. The molecule has 0 rings (SSSR count). The van der Waals surface area contributed by atoms with Gasteiger partial charge in [-0.25, -0.2) is 0 Å². The van der Waals surface area contributed by atoms with E-state index in [2.05, 4.69) is 11.5 Å². The van der Waals surface area contributed by atoms with Gasteiger partial charge in [0.15, 0.2) is 0 Å². The minimum atomic E-state index is -0.266. The minimum absolute atomic E-state index is 0.131. The Morgan fingerprint density at radius 2 is 1.19 bits per heavy atom. The number of rotatable bonds is 9. The third-order valence-corrected chi connectivity index (χ3v) is 1.87. The van der Waals surface area contributed by atoms with Crippen LogP contribution in [0.1, 0.15) is 25.7 Å². The van der Waals surface area contributed by atoms with Crippen LogP contribution in [0.25, 0.3) is 0 Å². The van der Waals surface area contributed by atoms with Gasteiger partial charge in [0.2, 0.25) is 0 Å². The van der Waals surface area contributed by atoms with Gasteiger partial charge in [0.1, 0.15) is 13.2 Å². The summed E-state index contributed by atoms with van der Waals surface area (Å²) in [5.74, 6) is -0.532. The molecule has 0 saturated carbocycles. The van der Waals surface area contributed by atoms with Crippen LogP contribution in [0.5, 0.6) is 0 Å². The van der Waals surface area contributed by atoms with Crippen molar-refractivity contribution >= 4 is 11.9 Å². The molecule has 0 unspecified atom stereocenters. The fourth-order valence-electron chi connectivity index (χ4n) is 0.994. The van der Waals surface area contributed by atoms with Crippen molar-refractivity contribution in [2.24, 2.45) is 0 Å². The second kappa shape index (κ2) is 10.4. The van der Waals surface area contributed by atoms with Gasteiger partial charge in [0.05, 0.1) is 25.9 Å². The van der Waals surface area contributed by atoms with Crippen molar-refractivity contribution in [2.75, 3.05) is 26.3 Å². The summed E-state index contributed by atoms with van der Waals surface area (Å²) in [4.78, 5) is 22.0. The Morgan fingerprint density at radius 1 is 0.812 bits per heavy atom. The van der Waals surface area contributed by atoms with E-state index in [1.807, 2.05) is 0 Å². The first-order chi connectivity index (χ1) is 7.70. The van der Waals surface area contributed by atoms with E-state index < -0.39 is 0 Å². The molecule has 0 aliphatic heterocycles. The summed E-state index contributed by atoms with van der Waals surface area (Å²) < 4.78 is 9.69. The lowest BCUT2D eigenvalue weighted by Gasteiger charge is -2.05. The van der Waals surface area contributed by atoms with E-state index in [4.69, 9.17) is 9.47 Å². The zero-order chi connectivity index (χ0) is 12.2. The maximum Gasteiger partial charge on any atom is 0.306 e. The summed E-state index contributed by atoms with van der Waals surface area (Å²) in [7, 11) is 0. The molecule has 0 aromatic rings. The molecule has 0 aromatic heterocycles. The summed E-state index contributed by atoms with van der Waals surface area (Å²) in [5, 5.41) is 0. The third-order valence-electron chi connectivity index (χ3n) is 1.87. The predicted molar refractivity (Wildman–Crippen MR) is 55.9 cm³/mol. The highest BCUT2D eigenvalue weighted by molar-refractivity contribution is 5.70. The molecule has 94 valence electrons. The van der Waals surface area contributed by atoms with E-state index in [-0.39, 0.29) is 25.2 Å². The maximum absolute atomic E-state index is 11.0. The average Bonchev–Trinajstić information content (AvgIpc) is 2.29. The van der Waals surface area contributed by atoms with Crippen molar-refractivity contribution in [1.82, 2.24) is 0 Å². The number of hydrogen-bond donors (Lipinski definition) is 2. The van der Waals surface area contributed by atoms with E-state index in [1.165, 1.54) is 0 Å². The fraction of sp³-hybridized carbons (Fsp3) is 0.800. The van der Waals surface area contributed by atoms with Crippen LogP contribution < -0.4 is 11.5 Å². The summed E-state index contributed by atoms with van der Waals surface area (Å²) in [5.41, 5.74) is 7.25. The molecule has 16 heavy (non-hydrogen) atoms. The normalized spacial score (nSPS) is 9.88. The molecule has 0 radical (unpaired) electrons. The summed E-state index contributed by atoms with van der Waals surface area (Å²) in [6.07, 6.45) is 2.20. The Balaban J connectivity index is 3.31. The Bertz CT molecular complexity index is 187. The SMILES string of the molecule is [NH3+]CCCC(=O)OCCOC(=O)CCC[NH3+]. The molecule has 6 heteroatoms. The van der Waals surface area contributed by atoms with Gasteiger partial charge in [-0.15, -0.1) is 0 Å². The zero-order valence-electron chi connectivity index (χ0n) is 9.70. The van der Waals surface area contributed by atoms with Crippen LogP contribution in [-0.4, -0.2) is 38.2 Å². The van der Waals surface area contributed by atoms with Crippen molar-refractivity contribution in [1.29, 1.82) is 0 Å². The molecule has 0 saturated heterocycles. The van der Waals surface area contributed by atoms with Crippen LogP contribution in [-0.2, 0) is 19.1 Å². The lowest BCUT2D eigenvalue weighted by Crippen LogP contribution is -2.50. The zero-order valence-corrected chi connectivity index (χ0v) is 9.70. The molecule has 0 amide bonds. The number of quaternary nitrogens is 2. The van der Waals surface area contributed by atoms with Crippen molar-refractivity contribution in [3.8, 4) is 0 Å². The molecule has 0 spiro atoms. The summed E-state index contributed by atoms with van der Waals surface area (Å²) in [6.45, 7) is 1.70. The summed E-state index contributed by atoms with van der Waals surface area (Å²) in [6, 6.07) is 0. The second-order valence-corrected chi connectivity index (χ2v) is 3.36. The number of ether oxygens (including phenoxy) is 2. The van der Waals surface area contributed by atoms with Crippen LogP contribution >= 0.6 is 0 Å². The van der Waals surface area contributed by atoms with E-state index in [9.17, 15) is 9.59 Å². The number of carbonyl (C=O) groups excluding carboxylic acids is 2. The first-order valence-electron chi connectivity index (χ1n) is 5.60. The molecular weight excluding hydrogens is 212 g/mol. The molecule has 6 nitrogen and oxygen atoms in total. The second-order valence-electron chi connectivity index (χ2n) is 3.36. The quantitative estimate of drug-likeness (QED) is 0.359. The topological polar surface area (TPSA) is 108 Å². The molecule has 0 aliphatic carbocycles. The van der Waals surface area contributed by atoms with E-state index in [0.29, 0.717) is 12.8 Å². The lowest BCUT2D eigenvalue weighted by atomic mass is 10.3. The first-order valence-corrected chi connectivity index (χ1v) is 5.60. The van der Waals surface area contributed by atoms with Gasteiger partial charge < -0.3 is 20.9 Å². The van der Waals surface area contributed by atoms with Gasteiger partial charge in [-0.2, -0.15) is 0 Å². The summed E-state index contributed by atoms with van der Waals surface area (Å²) >= 11 is 0. The van der Waals surface area contributed by atoms with Gasteiger partial charge in [-0.1, -0.05) is 0 Å². The van der Waals surface area contributed by atoms with Crippen LogP contribution in [0.2, 0.25) is 0 Å². The molecular formula is C10H22N2O4+2. The monoisotopic (exact) mass is 234 g/mol. The van der Waals surface area contributed by atoms with Crippen molar-refractivity contribution in [2.45, 2.75) is 25.7 Å². The molecule has 0 atom stereocenters. The highest BCUT2D eigenvalue weighted by Gasteiger charge is 2.04. The lowest BCUT2D eigenvalue weighted by molar-refractivity contribution is -0.368. The molecule has 0 heterocycles. The minimum Gasteiger partial charge on any atom is -0.462 e. The van der Waals surface area contributed by atoms with Gasteiger partial charge >= 0.3 is 11.9 Å². The third kappa shape index (κ3) is 9.42. The van der Waals surface area contributed by atoms with Gasteiger partial charge in [0.25, 0.3) is 0 Å². The maximum atomic E-state index is 11.0. The van der Waals surface area contributed by atoms with Crippen molar-refractivity contribution < 1.29 is 30.5 Å². The van der Waals surface area contributed by atoms with Crippen LogP contribution in [0, 0.1) is 0 Å². The molecule has 0 aliphatic rings. The van der Waals surface area contributed by atoms with Crippen LogP contribution in [0.3, 0.4) is 0 Å². The van der Waals surface area contributed by atoms with Crippen molar-refractivity contribution in [3.63, 3.8) is 0 Å². The van der Waals surface area contributed by atoms with E-state index in [0.717, 1.165) is 25.9 Å². The Labute approximate surface area is 95.3 Å². The van der Waals surface area contributed by atoms with Gasteiger partial charge in [-0.05, 0) is 0 Å². The standard InChI is InChI=1S/C10H20N2O4/c11-5-1-3-9(13)15-7-8-16-10(14)4-2-6-12/h1-8,11-12H2/p+2. The largest absolute Gasteiger partial charge is 0.462 e. The molecule has 0 fully saturated rings. The van der Waals surface area contributed by atoms with Gasteiger partial charge in [0, 0.05) is 12.8 Å². The molecule has 0 aromatic carbocycles.